The predicted molar refractivity (Wildman–Crippen MR) is 233 cm³/mol. The minimum atomic E-state index is -0.446. The third-order valence-corrected chi connectivity index (χ3v) is 13.2. The second-order valence-corrected chi connectivity index (χ2v) is 15.8. The van der Waals surface area contributed by atoms with Gasteiger partial charge in [-0.2, -0.15) is 0 Å². The maximum atomic E-state index is 5.57. The van der Waals surface area contributed by atoms with Crippen LogP contribution < -0.4 is 0 Å². The summed E-state index contributed by atoms with van der Waals surface area (Å²) in [7, 11) is 0. The number of aromatic nitrogens is 2. The highest BCUT2D eigenvalue weighted by Crippen LogP contribution is 2.63. The lowest BCUT2D eigenvalue weighted by atomic mass is 9.70. The first-order valence-electron chi connectivity index (χ1n) is 19.2. The summed E-state index contributed by atoms with van der Waals surface area (Å²) in [4.78, 5) is 11.1. The minimum Gasteiger partial charge on any atom is -0.228 e. The van der Waals surface area contributed by atoms with Crippen LogP contribution in [0.3, 0.4) is 0 Å². The van der Waals surface area contributed by atoms with Gasteiger partial charge < -0.3 is 0 Å². The van der Waals surface area contributed by atoms with Crippen molar-refractivity contribution in [3.8, 4) is 67.3 Å². The Balaban J connectivity index is 1.16. The zero-order chi connectivity index (χ0) is 36.8. The lowest BCUT2D eigenvalue weighted by Gasteiger charge is -2.30. The summed E-state index contributed by atoms with van der Waals surface area (Å²) in [5.74, 6) is 0.724. The quantitative estimate of drug-likeness (QED) is 0.180. The van der Waals surface area contributed by atoms with Gasteiger partial charge in [0.05, 0.1) is 16.8 Å². The number of hydrogen-bond acceptors (Lipinski definition) is 3. The molecule has 2 aliphatic carbocycles. The maximum absolute atomic E-state index is 5.57. The number of nitrogens with zero attached hydrogens (tertiary/aromatic N) is 2. The molecule has 2 aliphatic rings. The highest BCUT2D eigenvalue weighted by Gasteiger charge is 2.52. The van der Waals surface area contributed by atoms with Crippen LogP contribution in [0.15, 0.2) is 194 Å². The van der Waals surface area contributed by atoms with E-state index in [1.54, 1.807) is 0 Å². The first-order valence-corrected chi connectivity index (χ1v) is 20.0. The van der Waals surface area contributed by atoms with E-state index in [0.717, 1.165) is 45.0 Å². The maximum Gasteiger partial charge on any atom is 0.161 e. The Morgan fingerprint density at radius 3 is 1.61 bits per heavy atom. The molecule has 8 aromatic carbocycles. The monoisotopic (exact) mass is 728 g/mol. The van der Waals surface area contributed by atoms with Gasteiger partial charge >= 0.3 is 0 Å². The van der Waals surface area contributed by atoms with Gasteiger partial charge in [-0.25, -0.2) is 9.97 Å². The van der Waals surface area contributed by atoms with E-state index in [1.807, 2.05) is 11.3 Å². The lowest BCUT2D eigenvalue weighted by molar-refractivity contribution is 0.794. The zero-order valence-corrected chi connectivity index (χ0v) is 31.1. The zero-order valence-electron chi connectivity index (χ0n) is 30.3. The Morgan fingerprint density at radius 1 is 0.357 bits per heavy atom. The van der Waals surface area contributed by atoms with Crippen LogP contribution in [0, 0.1) is 0 Å². The predicted octanol–water partition coefficient (Wildman–Crippen LogP) is 13.9. The van der Waals surface area contributed by atoms with Gasteiger partial charge in [0.25, 0.3) is 0 Å². The average molecular weight is 729 g/mol. The van der Waals surface area contributed by atoms with Crippen molar-refractivity contribution in [1.82, 2.24) is 9.97 Å². The summed E-state index contributed by atoms with van der Waals surface area (Å²) in [6.45, 7) is 0. The van der Waals surface area contributed by atoms with Crippen LogP contribution in [0.5, 0.6) is 0 Å². The van der Waals surface area contributed by atoms with Crippen LogP contribution in [0.1, 0.15) is 22.3 Å². The summed E-state index contributed by atoms with van der Waals surface area (Å²) in [6, 6.07) is 70.5. The van der Waals surface area contributed by atoms with E-state index in [1.165, 1.54) is 64.7 Å². The van der Waals surface area contributed by atoms with E-state index in [4.69, 9.17) is 9.97 Å². The lowest BCUT2D eigenvalue weighted by Crippen LogP contribution is -2.25. The van der Waals surface area contributed by atoms with Gasteiger partial charge in [0.2, 0.25) is 0 Å². The largest absolute Gasteiger partial charge is 0.228 e. The summed E-state index contributed by atoms with van der Waals surface area (Å²) in [6.07, 6.45) is 0. The van der Waals surface area contributed by atoms with Crippen molar-refractivity contribution in [1.29, 1.82) is 0 Å². The van der Waals surface area contributed by atoms with E-state index in [2.05, 4.69) is 194 Å². The standard InChI is InChI=1S/C53H32N2S/c1-2-16-33(17-3-1)34-18-4-5-21-37(34)47-32-48(41-25-14-24-39-38-22-9-13-31-49(38)56-51(39)41)55-52(54-47)42-26-15-30-46-50(42)40-23-8-12-29-45(40)53(46)43-27-10-6-19-35(43)36-20-7-11-28-44(36)53/h1-32H. The fourth-order valence-electron chi connectivity index (χ4n) is 9.70. The molecular formula is C53H32N2S. The molecule has 1 spiro atoms. The van der Waals surface area contributed by atoms with Crippen LogP contribution >= 0.6 is 11.3 Å². The van der Waals surface area contributed by atoms with Gasteiger partial charge in [-0.15, -0.1) is 11.3 Å². The number of fused-ring (bicyclic) bond motifs is 13. The fourth-order valence-corrected chi connectivity index (χ4v) is 10.9. The van der Waals surface area contributed by atoms with Crippen molar-refractivity contribution in [2.24, 2.45) is 0 Å². The number of benzene rings is 8. The Morgan fingerprint density at radius 2 is 0.857 bits per heavy atom. The van der Waals surface area contributed by atoms with Gasteiger partial charge in [-0.3, -0.25) is 0 Å². The molecule has 0 fully saturated rings. The van der Waals surface area contributed by atoms with Gasteiger partial charge in [0.1, 0.15) is 0 Å². The Bertz CT molecular complexity index is 3170. The summed E-state index contributed by atoms with van der Waals surface area (Å²) >= 11 is 1.84. The molecular weight excluding hydrogens is 697 g/mol. The summed E-state index contributed by atoms with van der Waals surface area (Å²) in [5.41, 5.74) is 17.2. The molecule has 0 radical (unpaired) electrons. The highest BCUT2D eigenvalue weighted by molar-refractivity contribution is 7.26. The van der Waals surface area contributed by atoms with Crippen molar-refractivity contribution in [3.63, 3.8) is 0 Å². The van der Waals surface area contributed by atoms with Crippen molar-refractivity contribution in [2.45, 2.75) is 5.41 Å². The molecule has 2 aromatic heterocycles. The molecule has 0 saturated carbocycles. The summed E-state index contributed by atoms with van der Waals surface area (Å²) < 4.78 is 2.51. The molecule has 0 unspecified atom stereocenters. The molecule has 2 heterocycles. The Hall–Kier alpha value is -6.94. The van der Waals surface area contributed by atoms with E-state index in [9.17, 15) is 0 Å². The Labute approximate surface area is 329 Å². The molecule has 260 valence electrons. The van der Waals surface area contributed by atoms with Crippen molar-refractivity contribution < 1.29 is 0 Å². The van der Waals surface area contributed by atoms with Crippen LogP contribution in [0.2, 0.25) is 0 Å². The molecule has 10 aromatic rings. The van der Waals surface area contributed by atoms with E-state index >= 15 is 0 Å². The molecule has 12 rings (SSSR count). The normalized spacial score (nSPS) is 13.1. The molecule has 56 heavy (non-hydrogen) atoms. The number of rotatable bonds is 4. The van der Waals surface area contributed by atoms with Crippen molar-refractivity contribution in [2.75, 3.05) is 0 Å². The fraction of sp³-hybridized carbons (Fsp3) is 0.0189. The number of thiophene rings is 1. The van der Waals surface area contributed by atoms with Crippen LogP contribution in [-0.4, -0.2) is 9.97 Å². The van der Waals surface area contributed by atoms with E-state index in [0.29, 0.717) is 0 Å². The van der Waals surface area contributed by atoms with E-state index < -0.39 is 5.41 Å². The van der Waals surface area contributed by atoms with Crippen LogP contribution in [0.25, 0.3) is 87.5 Å². The molecule has 0 amide bonds. The molecule has 3 heteroatoms. The molecule has 0 N–H and O–H groups in total. The molecule has 0 atom stereocenters. The minimum absolute atomic E-state index is 0.446. The molecule has 0 bridgehead atoms. The van der Waals surface area contributed by atoms with Gasteiger partial charge in [0.15, 0.2) is 5.82 Å². The smallest absolute Gasteiger partial charge is 0.161 e. The third kappa shape index (κ3) is 4.32. The molecule has 0 aliphatic heterocycles. The SMILES string of the molecule is c1ccc(-c2ccccc2-c2cc(-c3cccc4c3sc3ccccc34)nc(-c3cccc4c3-c3ccccc3C43c4ccccc4-c4ccccc43)n2)cc1. The van der Waals surface area contributed by atoms with Crippen LogP contribution in [-0.2, 0) is 5.41 Å². The highest BCUT2D eigenvalue weighted by atomic mass is 32.1. The van der Waals surface area contributed by atoms with Gasteiger partial charge in [-0.05, 0) is 67.8 Å². The van der Waals surface area contributed by atoms with E-state index in [-0.39, 0.29) is 0 Å². The molecule has 2 nitrogen and oxygen atoms in total. The second kappa shape index (κ2) is 12.0. The first-order chi connectivity index (χ1) is 27.8. The second-order valence-electron chi connectivity index (χ2n) is 14.8. The first kappa shape index (κ1) is 31.4. The van der Waals surface area contributed by atoms with Crippen molar-refractivity contribution >= 4 is 31.5 Å². The Kier molecular flexibility index (Phi) is 6.75. The molecule has 0 saturated heterocycles. The topological polar surface area (TPSA) is 25.8 Å². The van der Waals surface area contributed by atoms with Gasteiger partial charge in [-0.1, -0.05) is 182 Å². The van der Waals surface area contributed by atoms with Crippen molar-refractivity contribution in [3.05, 3.63) is 216 Å². The number of hydrogen-bond donors (Lipinski definition) is 0. The third-order valence-electron chi connectivity index (χ3n) is 12.0. The summed E-state index contributed by atoms with van der Waals surface area (Å²) in [5, 5.41) is 2.53. The average Bonchev–Trinajstić information content (AvgIpc) is 3.91. The van der Waals surface area contributed by atoms with Crippen LogP contribution in [0.4, 0.5) is 0 Å². The van der Waals surface area contributed by atoms with Gasteiger partial charge in [0, 0.05) is 36.9 Å².